The van der Waals surface area contributed by atoms with Gasteiger partial charge in [-0.3, -0.25) is 4.79 Å². The number of hydrogen-bond donors (Lipinski definition) is 1. The number of hydrogen-bond acceptors (Lipinski definition) is 2. The number of carbonyl (C=O) groups is 1. The molecule has 3 heteroatoms. The van der Waals surface area contributed by atoms with Gasteiger partial charge in [0.2, 0.25) is 5.91 Å². The summed E-state index contributed by atoms with van der Waals surface area (Å²) in [5.41, 5.74) is 5.87. The molecule has 2 fully saturated rings. The minimum absolute atomic E-state index is 0.227. The molecule has 2 saturated carbocycles. The molecule has 0 spiro atoms. The summed E-state index contributed by atoms with van der Waals surface area (Å²) in [6.07, 6.45) is 6.41. The van der Waals surface area contributed by atoms with Gasteiger partial charge in [0.05, 0.1) is 5.54 Å². The standard InChI is InChI=1S/C15H28N2O/c1-11(2)10-17(13-6-7-13)14(18)15(16)8-4-5-12(3)9-15/h11-13H,4-10,16H2,1-3H3. The van der Waals surface area contributed by atoms with Gasteiger partial charge in [0.15, 0.2) is 0 Å². The lowest BCUT2D eigenvalue weighted by molar-refractivity contribution is -0.140. The van der Waals surface area contributed by atoms with E-state index in [0.29, 0.717) is 17.9 Å². The summed E-state index contributed by atoms with van der Waals surface area (Å²) in [6, 6.07) is 0.484. The molecule has 2 aliphatic carbocycles. The van der Waals surface area contributed by atoms with E-state index in [2.05, 4.69) is 25.7 Å². The van der Waals surface area contributed by atoms with Crippen LogP contribution in [0.1, 0.15) is 59.3 Å². The summed E-state index contributed by atoms with van der Waals surface area (Å²) in [7, 11) is 0. The molecule has 104 valence electrons. The van der Waals surface area contributed by atoms with E-state index in [0.717, 1.165) is 25.8 Å². The lowest BCUT2D eigenvalue weighted by Gasteiger charge is -2.40. The van der Waals surface area contributed by atoms with Crippen LogP contribution in [0.25, 0.3) is 0 Å². The van der Waals surface area contributed by atoms with Crippen LogP contribution < -0.4 is 5.73 Å². The van der Waals surface area contributed by atoms with Crippen LogP contribution in [0.5, 0.6) is 0 Å². The third kappa shape index (κ3) is 3.05. The van der Waals surface area contributed by atoms with E-state index in [-0.39, 0.29) is 5.91 Å². The first kappa shape index (κ1) is 13.9. The highest BCUT2D eigenvalue weighted by atomic mass is 16.2. The molecule has 0 radical (unpaired) electrons. The summed E-state index contributed by atoms with van der Waals surface area (Å²) in [5.74, 6) is 1.34. The highest BCUT2D eigenvalue weighted by Crippen LogP contribution is 2.35. The minimum Gasteiger partial charge on any atom is -0.338 e. The van der Waals surface area contributed by atoms with Crippen molar-refractivity contribution in [3.63, 3.8) is 0 Å². The Bertz CT molecular complexity index is 312. The van der Waals surface area contributed by atoms with Crippen LogP contribution in [0.3, 0.4) is 0 Å². The quantitative estimate of drug-likeness (QED) is 0.835. The number of carbonyl (C=O) groups excluding carboxylic acids is 1. The summed E-state index contributed by atoms with van der Waals surface area (Å²) < 4.78 is 0. The largest absolute Gasteiger partial charge is 0.338 e. The molecular formula is C15H28N2O. The summed E-state index contributed by atoms with van der Waals surface area (Å²) in [4.78, 5) is 14.9. The Kier molecular flexibility index (Phi) is 4.00. The topological polar surface area (TPSA) is 46.3 Å². The Balaban J connectivity index is 2.06. The second-order valence-corrected chi connectivity index (χ2v) is 6.94. The van der Waals surface area contributed by atoms with Crippen LogP contribution in [0.4, 0.5) is 0 Å². The highest BCUT2D eigenvalue weighted by molar-refractivity contribution is 5.86. The Morgan fingerprint density at radius 1 is 1.39 bits per heavy atom. The van der Waals surface area contributed by atoms with Gasteiger partial charge >= 0.3 is 0 Å². The van der Waals surface area contributed by atoms with E-state index in [1.54, 1.807) is 0 Å². The van der Waals surface area contributed by atoms with Gasteiger partial charge in [-0.25, -0.2) is 0 Å². The smallest absolute Gasteiger partial charge is 0.242 e. The third-order valence-electron chi connectivity index (χ3n) is 4.27. The van der Waals surface area contributed by atoms with Crippen LogP contribution in [0, 0.1) is 11.8 Å². The van der Waals surface area contributed by atoms with Crippen LogP contribution in [-0.2, 0) is 4.79 Å². The summed E-state index contributed by atoms with van der Waals surface area (Å²) >= 11 is 0. The highest BCUT2D eigenvalue weighted by Gasteiger charge is 2.44. The van der Waals surface area contributed by atoms with Gasteiger partial charge in [0.25, 0.3) is 0 Å². The van der Waals surface area contributed by atoms with E-state index in [1.165, 1.54) is 19.3 Å². The molecule has 0 aromatic heterocycles. The second kappa shape index (κ2) is 5.20. The monoisotopic (exact) mass is 252 g/mol. The maximum atomic E-state index is 12.8. The van der Waals surface area contributed by atoms with Crippen molar-refractivity contribution in [2.24, 2.45) is 17.6 Å². The molecule has 2 N–H and O–H groups in total. The van der Waals surface area contributed by atoms with Crippen LogP contribution in [-0.4, -0.2) is 28.9 Å². The zero-order valence-electron chi connectivity index (χ0n) is 12.1. The summed E-state index contributed by atoms with van der Waals surface area (Å²) in [6.45, 7) is 7.44. The van der Waals surface area contributed by atoms with Crippen molar-refractivity contribution in [3.05, 3.63) is 0 Å². The fraction of sp³-hybridized carbons (Fsp3) is 0.933. The predicted molar refractivity (Wildman–Crippen MR) is 74.1 cm³/mol. The summed E-state index contributed by atoms with van der Waals surface area (Å²) in [5, 5.41) is 0. The maximum absolute atomic E-state index is 12.8. The van der Waals surface area contributed by atoms with Crippen LogP contribution in [0.15, 0.2) is 0 Å². The Morgan fingerprint density at radius 2 is 2.06 bits per heavy atom. The average molecular weight is 252 g/mol. The number of nitrogens with two attached hydrogens (primary N) is 1. The van der Waals surface area contributed by atoms with Gasteiger partial charge in [0, 0.05) is 12.6 Å². The molecule has 0 aromatic rings. The van der Waals surface area contributed by atoms with Crippen LogP contribution in [0.2, 0.25) is 0 Å². The lowest BCUT2D eigenvalue weighted by Crippen LogP contribution is -2.58. The Hall–Kier alpha value is -0.570. The molecule has 0 bridgehead atoms. The van der Waals surface area contributed by atoms with Crippen molar-refractivity contribution >= 4 is 5.91 Å². The molecule has 2 aliphatic rings. The van der Waals surface area contributed by atoms with Gasteiger partial charge in [-0.05, 0) is 37.5 Å². The van der Waals surface area contributed by atoms with Gasteiger partial charge in [-0.15, -0.1) is 0 Å². The van der Waals surface area contributed by atoms with Crippen molar-refractivity contribution in [2.45, 2.75) is 70.9 Å². The molecule has 18 heavy (non-hydrogen) atoms. The zero-order valence-corrected chi connectivity index (χ0v) is 12.1. The van der Waals surface area contributed by atoms with E-state index < -0.39 is 5.54 Å². The Morgan fingerprint density at radius 3 is 2.56 bits per heavy atom. The molecule has 0 heterocycles. The first-order valence-corrected chi connectivity index (χ1v) is 7.52. The maximum Gasteiger partial charge on any atom is 0.242 e. The molecular weight excluding hydrogens is 224 g/mol. The van der Waals surface area contributed by atoms with Crippen molar-refractivity contribution in [2.75, 3.05) is 6.54 Å². The predicted octanol–water partition coefficient (Wildman–Crippen LogP) is 2.54. The number of rotatable bonds is 4. The Labute approximate surface area is 111 Å². The molecule has 2 rings (SSSR count). The average Bonchev–Trinajstić information content (AvgIpc) is 3.08. The first-order valence-electron chi connectivity index (χ1n) is 7.52. The fourth-order valence-electron chi connectivity index (χ4n) is 3.25. The molecule has 2 atom stereocenters. The normalized spacial score (nSPS) is 32.6. The van der Waals surface area contributed by atoms with E-state index >= 15 is 0 Å². The number of nitrogens with zero attached hydrogens (tertiary/aromatic N) is 1. The van der Waals surface area contributed by atoms with Crippen molar-refractivity contribution in [1.82, 2.24) is 4.90 Å². The minimum atomic E-state index is -0.574. The molecule has 1 amide bonds. The molecule has 0 saturated heterocycles. The van der Waals surface area contributed by atoms with E-state index in [1.807, 2.05) is 0 Å². The molecule has 0 aromatic carbocycles. The molecule has 3 nitrogen and oxygen atoms in total. The van der Waals surface area contributed by atoms with Crippen LogP contribution >= 0.6 is 0 Å². The van der Waals surface area contributed by atoms with Crippen molar-refractivity contribution < 1.29 is 4.79 Å². The van der Waals surface area contributed by atoms with Crippen molar-refractivity contribution in [1.29, 1.82) is 0 Å². The van der Waals surface area contributed by atoms with E-state index in [4.69, 9.17) is 5.73 Å². The molecule has 0 aliphatic heterocycles. The van der Waals surface area contributed by atoms with Gasteiger partial charge < -0.3 is 10.6 Å². The number of amides is 1. The lowest BCUT2D eigenvalue weighted by atomic mass is 9.76. The zero-order chi connectivity index (χ0) is 13.3. The third-order valence-corrected chi connectivity index (χ3v) is 4.27. The van der Waals surface area contributed by atoms with Gasteiger partial charge in [0.1, 0.15) is 0 Å². The SMILES string of the molecule is CC(C)CN(C(=O)C1(N)CCCC(C)C1)C1CC1. The molecule has 2 unspecified atom stereocenters. The van der Waals surface area contributed by atoms with Crippen molar-refractivity contribution in [3.8, 4) is 0 Å². The first-order chi connectivity index (χ1) is 8.42. The van der Waals surface area contributed by atoms with Gasteiger partial charge in [-0.2, -0.15) is 0 Å². The van der Waals surface area contributed by atoms with Gasteiger partial charge in [-0.1, -0.05) is 33.6 Å². The fourth-order valence-corrected chi connectivity index (χ4v) is 3.25. The van der Waals surface area contributed by atoms with E-state index in [9.17, 15) is 4.79 Å². The second-order valence-electron chi connectivity index (χ2n) is 6.94.